The Balaban J connectivity index is 2.16. The highest BCUT2D eigenvalue weighted by Crippen LogP contribution is 2.26. The molecule has 0 fully saturated rings. The first-order valence-electron chi connectivity index (χ1n) is 6.24. The van der Waals surface area contributed by atoms with Gasteiger partial charge in [0.25, 0.3) is 0 Å². The number of carbonyl (C=O) groups is 1. The van der Waals surface area contributed by atoms with Crippen molar-refractivity contribution >= 4 is 29.3 Å². The summed E-state index contributed by atoms with van der Waals surface area (Å²) in [5.41, 5.74) is 3.26. The zero-order chi connectivity index (χ0) is 15.4. The van der Waals surface area contributed by atoms with E-state index in [1.54, 1.807) is 18.5 Å². The van der Waals surface area contributed by atoms with Crippen molar-refractivity contribution < 1.29 is 9.90 Å². The van der Waals surface area contributed by atoms with Gasteiger partial charge in [-0.15, -0.1) is 0 Å². The van der Waals surface area contributed by atoms with Gasteiger partial charge < -0.3 is 5.11 Å². The normalized spacial score (nSPS) is 10.6. The molecular formula is C14H14ClN3O2S. The van der Waals surface area contributed by atoms with Crippen LogP contribution in [0.25, 0.3) is 0 Å². The van der Waals surface area contributed by atoms with Crippen LogP contribution in [0.3, 0.4) is 0 Å². The van der Waals surface area contributed by atoms with Crippen LogP contribution >= 0.6 is 23.4 Å². The first-order chi connectivity index (χ1) is 9.95. The third-order valence-electron chi connectivity index (χ3n) is 2.79. The van der Waals surface area contributed by atoms with Crippen LogP contribution in [0.15, 0.2) is 23.6 Å². The predicted molar refractivity (Wildman–Crippen MR) is 81.7 cm³/mol. The molecule has 1 N–H and O–H groups in total. The molecular weight excluding hydrogens is 310 g/mol. The van der Waals surface area contributed by atoms with Crippen molar-refractivity contribution in [3.05, 3.63) is 46.0 Å². The number of hydrogen-bond donors (Lipinski definition) is 1. The molecule has 0 amide bonds. The van der Waals surface area contributed by atoms with Gasteiger partial charge in [0.15, 0.2) is 5.16 Å². The first-order valence-corrected chi connectivity index (χ1v) is 7.60. The van der Waals surface area contributed by atoms with E-state index in [2.05, 4.69) is 15.0 Å². The summed E-state index contributed by atoms with van der Waals surface area (Å²) in [5, 5.41) is 10.0. The zero-order valence-corrected chi connectivity index (χ0v) is 13.2. The van der Waals surface area contributed by atoms with Gasteiger partial charge in [0.05, 0.1) is 17.1 Å². The summed E-state index contributed by atoms with van der Waals surface area (Å²) in [4.78, 5) is 23.4. The third-order valence-corrected chi connectivity index (χ3v) is 3.98. The molecule has 0 radical (unpaired) electrons. The van der Waals surface area contributed by atoms with E-state index < -0.39 is 5.97 Å². The highest BCUT2D eigenvalue weighted by Gasteiger charge is 2.09. The number of aryl methyl sites for hydroxylation is 2. The second-order valence-electron chi connectivity index (χ2n) is 4.56. The summed E-state index contributed by atoms with van der Waals surface area (Å²) in [6, 6.07) is 1.68. The maximum atomic E-state index is 10.8. The molecule has 0 aliphatic heterocycles. The fourth-order valence-corrected chi connectivity index (χ4v) is 3.19. The van der Waals surface area contributed by atoms with Crippen LogP contribution in [0.4, 0.5) is 0 Å². The fourth-order valence-electron chi connectivity index (χ4n) is 1.79. The highest BCUT2D eigenvalue weighted by atomic mass is 35.5. The minimum Gasteiger partial charge on any atom is -0.481 e. The van der Waals surface area contributed by atoms with Crippen LogP contribution in [-0.4, -0.2) is 26.0 Å². The molecule has 0 unspecified atom stereocenters. The Morgan fingerprint density at radius 3 is 2.76 bits per heavy atom. The van der Waals surface area contributed by atoms with Gasteiger partial charge in [-0.3, -0.25) is 9.78 Å². The van der Waals surface area contributed by atoms with E-state index in [1.807, 2.05) is 13.8 Å². The van der Waals surface area contributed by atoms with E-state index in [0.717, 1.165) is 16.8 Å². The van der Waals surface area contributed by atoms with Crippen LogP contribution in [0.2, 0.25) is 5.02 Å². The van der Waals surface area contributed by atoms with Crippen molar-refractivity contribution in [2.75, 3.05) is 0 Å². The number of nitrogens with zero attached hydrogens (tertiary/aromatic N) is 3. The van der Waals surface area contributed by atoms with Gasteiger partial charge in [0.1, 0.15) is 0 Å². The molecule has 7 heteroatoms. The summed E-state index contributed by atoms with van der Waals surface area (Å²) < 4.78 is 0. The van der Waals surface area contributed by atoms with Crippen molar-refractivity contribution in [1.82, 2.24) is 15.0 Å². The number of carboxylic acid groups (broad SMARTS) is 1. The second kappa shape index (κ2) is 6.87. The van der Waals surface area contributed by atoms with Gasteiger partial charge in [-0.25, -0.2) is 9.97 Å². The van der Waals surface area contributed by atoms with Gasteiger partial charge in [0, 0.05) is 23.8 Å². The Labute approximate surface area is 131 Å². The number of halogens is 1. The average molecular weight is 324 g/mol. The van der Waals surface area contributed by atoms with Gasteiger partial charge in [-0.2, -0.15) is 0 Å². The number of thioether (sulfide) groups is 1. The molecule has 21 heavy (non-hydrogen) atoms. The molecule has 2 aromatic heterocycles. The molecule has 0 saturated carbocycles. The Kier molecular flexibility index (Phi) is 5.14. The van der Waals surface area contributed by atoms with E-state index >= 15 is 0 Å². The quantitative estimate of drug-likeness (QED) is 0.673. The summed E-state index contributed by atoms with van der Waals surface area (Å²) >= 11 is 7.56. The third kappa shape index (κ3) is 4.41. The Morgan fingerprint density at radius 1 is 1.33 bits per heavy atom. The lowest BCUT2D eigenvalue weighted by Crippen LogP contribution is -2.05. The topological polar surface area (TPSA) is 76.0 Å². The standard InChI is InChI=1S/C14H14ClN3O2S/c1-8-5-16-6-12(15)11(8)7-21-14-17-9(2)3-10(18-14)4-13(19)20/h3,5-6H,4,7H2,1-2H3,(H,19,20). The molecule has 0 spiro atoms. The average Bonchev–Trinajstić information content (AvgIpc) is 2.36. The van der Waals surface area contributed by atoms with Crippen LogP contribution in [0.5, 0.6) is 0 Å². The first kappa shape index (κ1) is 15.7. The molecule has 0 aromatic carbocycles. The van der Waals surface area contributed by atoms with Crippen LogP contribution in [0.1, 0.15) is 22.5 Å². The lowest BCUT2D eigenvalue weighted by molar-refractivity contribution is -0.136. The largest absolute Gasteiger partial charge is 0.481 e. The molecule has 0 bridgehead atoms. The highest BCUT2D eigenvalue weighted by molar-refractivity contribution is 7.98. The Morgan fingerprint density at radius 2 is 2.10 bits per heavy atom. The molecule has 2 aromatic rings. The molecule has 2 heterocycles. The van der Waals surface area contributed by atoms with Crippen molar-refractivity contribution in [3.63, 3.8) is 0 Å². The van der Waals surface area contributed by atoms with E-state index in [0.29, 0.717) is 21.6 Å². The Hall–Kier alpha value is -1.66. The summed E-state index contributed by atoms with van der Waals surface area (Å²) in [5.74, 6) is -0.291. The minimum absolute atomic E-state index is 0.105. The fraction of sp³-hybridized carbons (Fsp3) is 0.286. The summed E-state index contributed by atoms with van der Waals surface area (Å²) in [6.07, 6.45) is 3.26. The number of pyridine rings is 1. The molecule has 2 rings (SSSR count). The van der Waals surface area contributed by atoms with Crippen molar-refractivity contribution in [1.29, 1.82) is 0 Å². The number of aromatic nitrogens is 3. The number of aliphatic carboxylic acids is 1. The summed E-state index contributed by atoms with van der Waals surface area (Å²) in [6.45, 7) is 3.77. The molecule has 0 atom stereocenters. The number of rotatable bonds is 5. The molecule has 5 nitrogen and oxygen atoms in total. The minimum atomic E-state index is -0.905. The molecule has 0 saturated heterocycles. The number of carboxylic acids is 1. The van der Waals surface area contributed by atoms with Gasteiger partial charge in [0.2, 0.25) is 0 Å². The monoisotopic (exact) mass is 323 g/mol. The molecule has 0 aliphatic carbocycles. The van der Waals surface area contributed by atoms with E-state index in [1.165, 1.54) is 11.8 Å². The SMILES string of the molecule is Cc1cc(CC(=O)O)nc(SCc2c(C)cncc2Cl)n1. The Bertz CT molecular complexity index is 659. The summed E-state index contributed by atoms with van der Waals surface area (Å²) in [7, 11) is 0. The van der Waals surface area contributed by atoms with Crippen LogP contribution in [0, 0.1) is 13.8 Å². The van der Waals surface area contributed by atoms with E-state index in [9.17, 15) is 4.79 Å². The van der Waals surface area contributed by atoms with E-state index in [-0.39, 0.29) is 6.42 Å². The lowest BCUT2D eigenvalue weighted by atomic mass is 10.2. The van der Waals surface area contributed by atoms with Crippen molar-refractivity contribution in [3.8, 4) is 0 Å². The van der Waals surface area contributed by atoms with Crippen LogP contribution in [-0.2, 0) is 17.0 Å². The molecule has 110 valence electrons. The van der Waals surface area contributed by atoms with Crippen molar-refractivity contribution in [2.24, 2.45) is 0 Å². The van der Waals surface area contributed by atoms with Gasteiger partial charge in [-0.05, 0) is 31.0 Å². The molecule has 0 aliphatic rings. The zero-order valence-electron chi connectivity index (χ0n) is 11.6. The predicted octanol–water partition coefficient (Wildman–Crippen LogP) is 3.06. The second-order valence-corrected chi connectivity index (χ2v) is 5.91. The number of hydrogen-bond acceptors (Lipinski definition) is 5. The van der Waals surface area contributed by atoms with E-state index in [4.69, 9.17) is 16.7 Å². The maximum absolute atomic E-state index is 10.8. The van der Waals surface area contributed by atoms with Crippen molar-refractivity contribution in [2.45, 2.75) is 31.2 Å². The lowest BCUT2D eigenvalue weighted by Gasteiger charge is -2.08. The maximum Gasteiger partial charge on any atom is 0.309 e. The van der Waals surface area contributed by atoms with Gasteiger partial charge >= 0.3 is 5.97 Å². The van der Waals surface area contributed by atoms with Gasteiger partial charge in [-0.1, -0.05) is 23.4 Å². The van der Waals surface area contributed by atoms with Crippen LogP contribution < -0.4 is 0 Å². The smallest absolute Gasteiger partial charge is 0.309 e.